The molecule has 0 aliphatic heterocycles. The summed E-state index contributed by atoms with van der Waals surface area (Å²) in [5.41, 5.74) is 4.72. The van der Waals surface area contributed by atoms with Gasteiger partial charge in [-0.1, -0.05) is 86.1 Å². The van der Waals surface area contributed by atoms with Crippen LogP contribution in [0.5, 0.6) is 0 Å². The molecule has 0 bridgehead atoms. The summed E-state index contributed by atoms with van der Waals surface area (Å²) in [6.07, 6.45) is 2.65. The summed E-state index contributed by atoms with van der Waals surface area (Å²) in [6, 6.07) is 29.5. The van der Waals surface area contributed by atoms with Crippen LogP contribution in [0.15, 0.2) is 97.2 Å². The number of rotatable bonds is 14. The first-order valence-electron chi connectivity index (χ1n) is 14.4. The van der Waals surface area contributed by atoms with E-state index >= 15 is 0 Å². The molecular formula is C35H40ClN3O3. The van der Waals surface area contributed by atoms with Gasteiger partial charge in [0.15, 0.2) is 0 Å². The lowest BCUT2D eigenvalue weighted by molar-refractivity contribution is -0.133. The van der Waals surface area contributed by atoms with Crippen LogP contribution < -0.4 is 0 Å². The fraction of sp³-hybridized carbons (Fsp3) is 0.314. The second-order valence-electron chi connectivity index (χ2n) is 10.9. The van der Waals surface area contributed by atoms with Crippen LogP contribution in [0.1, 0.15) is 41.9 Å². The molecule has 3 aromatic carbocycles. The Labute approximate surface area is 254 Å². The van der Waals surface area contributed by atoms with Crippen molar-refractivity contribution < 1.29 is 14.3 Å². The Bertz CT molecular complexity index is 1430. The maximum atomic E-state index is 13.8. The second-order valence-corrected chi connectivity index (χ2v) is 11.3. The van der Waals surface area contributed by atoms with E-state index in [4.69, 9.17) is 16.3 Å². The summed E-state index contributed by atoms with van der Waals surface area (Å²) >= 11 is 6.42. The average molecular weight is 586 g/mol. The van der Waals surface area contributed by atoms with E-state index in [0.717, 1.165) is 22.4 Å². The summed E-state index contributed by atoms with van der Waals surface area (Å²) in [5.74, 6) is 0.0237. The normalized spacial score (nSPS) is 11.1. The third kappa shape index (κ3) is 8.57. The van der Waals surface area contributed by atoms with E-state index < -0.39 is 0 Å². The molecule has 7 heteroatoms. The number of carbonyl (C=O) groups is 2. The Kier molecular flexibility index (Phi) is 11.4. The first-order chi connectivity index (χ1) is 20.4. The monoisotopic (exact) mass is 585 g/mol. The fourth-order valence-electron chi connectivity index (χ4n) is 4.98. The lowest BCUT2D eigenvalue weighted by atomic mass is 10.0. The summed E-state index contributed by atoms with van der Waals surface area (Å²) in [7, 11) is 1.64. The maximum absolute atomic E-state index is 13.8. The zero-order valence-corrected chi connectivity index (χ0v) is 25.5. The minimum atomic E-state index is -0.161. The zero-order chi connectivity index (χ0) is 29.9. The SMILES string of the molecule is COCCCN(CC(=O)N(Cc1cccn1Cc1ccccc1Cl)CC(C)C)C(=O)c1ccc(-c2ccccc2)cc1. The standard InChI is InChI=1S/C35H40ClN3O3/c1-27(2)23-39(25-32-14-9-20-37(32)24-31-13-7-8-15-33(31)36)34(40)26-38(21-10-22-42-3)35(41)30-18-16-29(17-19-30)28-11-5-4-6-12-28/h4-9,11-20,27H,10,21-26H2,1-3H3. The van der Waals surface area contributed by atoms with E-state index in [-0.39, 0.29) is 24.3 Å². The van der Waals surface area contributed by atoms with Gasteiger partial charge < -0.3 is 19.1 Å². The van der Waals surface area contributed by atoms with Gasteiger partial charge >= 0.3 is 0 Å². The molecule has 0 saturated heterocycles. The molecule has 0 spiro atoms. The highest BCUT2D eigenvalue weighted by Gasteiger charge is 2.24. The van der Waals surface area contributed by atoms with Gasteiger partial charge in [0.2, 0.25) is 5.91 Å². The number of aromatic nitrogens is 1. The van der Waals surface area contributed by atoms with Gasteiger partial charge in [0.1, 0.15) is 6.54 Å². The van der Waals surface area contributed by atoms with Gasteiger partial charge in [-0.15, -0.1) is 0 Å². The van der Waals surface area contributed by atoms with Gasteiger partial charge in [0, 0.05) is 55.8 Å². The predicted octanol–water partition coefficient (Wildman–Crippen LogP) is 7.02. The van der Waals surface area contributed by atoms with Gasteiger partial charge in [-0.25, -0.2) is 0 Å². The molecule has 0 atom stereocenters. The minimum Gasteiger partial charge on any atom is -0.385 e. The molecule has 0 aliphatic rings. The Morgan fingerprint density at radius 2 is 1.55 bits per heavy atom. The summed E-state index contributed by atoms with van der Waals surface area (Å²) in [4.78, 5) is 31.0. The van der Waals surface area contributed by atoms with Crippen LogP contribution in [0.2, 0.25) is 5.02 Å². The quantitative estimate of drug-likeness (QED) is 0.149. The van der Waals surface area contributed by atoms with Crippen LogP contribution in [0.4, 0.5) is 0 Å². The summed E-state index contributed by atoms with van der Waals surface area (Å²) in [5, 5.41) is 0.717. The fourth-order valence-corrected chi connectivity index (χ4v) is 5.18. The molecule has 1 aromatic heterocycles. The van der Waals surface area contributed by atoms with Crippen molar-refractivity contribution >= 4 is 23.4 Å². The molecule has 1 heterocycles. The van der Waals surface area contributed by atoms with Gasteiger partial charge in [-0.3, -0.25) is 9.59 Å². The minimum absolute atomic E-state index is 0.000919. The van der Waals surface area contributed by atoms with Crippen molar-refractivity contribution in [2.24, 2.45) is 5.92 Å². The number of hydrogen-bond acceptors (Lipinski definition) is 3. The van der Waals surface area contributed by atoms with E-state index in [0.29, 0.717) is 49.8 Å². The highest BCUT2D eigenvalue weighted by atomic mass is 35.5. The lowest BCUT2D eigenvalue weighted by Gasteiger charge is -2.29. The van der Waals surface area contributed by atoms with Gasteiger partial charge in [-0.2, -0.15) is 0 Å². The number of nitrogens with zero attached hydrogens (tertiary/aromatic N) is 3. The molecule has 2 amide bonds. The van der Waals surface area contributed by atoms with E-state index in [2.05, 4.69) is 18.4 Å². The molecule has 0 fully saturated rings. The molecule has 4 rings (SSSR count). The predicted molar refractivity (Wildman–Crippen MR) is 170 cm³/mol. The number of methoxy groups -OCH3 is 1. The largest absolute Gasteiger partial charge is 0.385 e. The molecule has 0 saturated carbocycles. The highest BCUT2D eigenvalue weighted by Crippen LogP contribution is 2.21. The number of halogens is 1. The molecular weight excluding hydrogens is 546 g/mol. The number of hydrogen-bond donors (Lipinski definition) is 0. The van der Waals surface area contributed by atoms with Crippen molar-refractivity contribution in [3.63, 3.8) is 0 Å². The number of amides is 2. The van der Waals surface area contributed by atoms with Crippen molar-refractivity contribution in [1.82, 2.24) is 14.4 Å². The summed E-state index contributed by atoms with van der Waals surface area (Å²) < 4.78 is 7.37. The number of ether oxygens (including phenoxy) is 1. The molecule has 6 nitrogen and oxygen atoms in total. The van der Waals surface area contributed by atoms with Crippen LogP contribution >= 0.6 is 11.6 Å². The topological polar surface area (TPSA) is 54.8 Å². The van der Waals surface area contributed by atoms with Gasteiger partial charge in [0.25, 0.3) is 5.91 Å². The molecule has 0 aliphatic carbocycles. The van der Waals surface area contributed by atoms with E-state index in [9.17, 15) is 9.59 Å². The zero-order valence-electron chi connectivity index (χ0n) is 24.7. The Morgan fingerprint density at radius 1 is 0.857 bits per heavy atom. The Morgan fingerprint density at radius 3 is 2.24 bits per heavy atom. The van der Waals surface area contributed by atoms with Crippen LogP contribution in [-0.4, -0.2) is 59.5 Å². The molecule has 0 radical (unpaired) electrons. The highest BCUT2D eigenvalue weighted by molar-refractivity contribution is 6.31. The maximum Gasteiger partial charge on any atom is 0.254 e. The third-order valence-electron chi connectivity index (χ3n) is 7.14. The molecule has 220 valence electrons. The molecule has 4 aromatic rings. The van der Waals surface area contributed by atoms with Crippen molar-refractivity contribution in [3.8, 4) is 11.1 Å². The first kappa shape index (κ1) is 31.1. The Hall–Kier alpha value is -3.87. The van der Waals surface area contributed by atoms with Crippen LogP contribution in [0.25, 0.3) is 11.1 Å². The van der Waals surface area contributed by atoms with E-state index in [1.54, 1.807) is 12.0 Å². The number of benzene rings is 3. The first-order valence-corrected chi connectivity index (χ1v) is 14.8. The van der Waals surface area contributed by atoms with Crippen molar-refractivity contribution in [2.45, 2.75) is 33.4 Å². The number of carbonyl (C=O) groups excluding carboxylic acids is 2. The smallest absolute Gasteiger partial charge is 0.254 e. The van der Waals surface area contributed by atoms with E-state index in [1.807, 2.05) is 102 Å². The molecule has 0 N–H and O–H groups in total. The van der Waals surface area contributed by atoms with Crippen molar-refractivity contribution in [1.29, 1.82) is 0 Å². The lowest BCUT2D eigenvalue weighted by Crippen LogP contribution is -2.44. The van der Waals surface area contributed by atoms with Gasteiger partial charge in [0.05, 0.1) is 6.54 Å². The Balaban J connectivity index is 1.51. The van der Waals surface area contributed by atoms with E-state index in [1.165, 1.54) is 0 Å². The van der Waals surface area contributed by atoms with Gasteiger partial charge in [-0.05, 0) is 59.4 Å². The average Bonchev–Trinajstić information content (AvgIpc) is 3.43. The second kappa shape index (κ2) is 15.4. The summed E-state index contributed by atoms with van der Waals surface area (Å²) in [6.45, 7) is 6.78. The third-order valence-corrected chi connectivity index (χ3v) is 7.51. The molecule has 0 unspecified atom stereocenters. The van der Waals surface area contributed by atoms with Crippen molar-refractivity contribution in [2.75, 3.05) is 33.4 Å². The van der Waals surface area contributed by atoms with Crippen LogP contribution in [0, 0.1) is 5.92 Å². The van der Waals surface area contributed by atoms with Crippen LogP contribution in [-0.2, 0) is 22.6 Å². The molecule has 42 heavy (non-hydrogen) atoms. The van der Waals surface area contributed by atoms with Crippen LogP contribution in [0.3, 0.4) is 0 Å². The van der Waals surface area contributed by atoms with Crippen molar-refractivity contribution in [3.05, 3.63) is 119 Å².